The van der Waals surface area contributed by atoms with Crippen molar-refractivity contribution in [2.45, 2.75) is 38.1 Å². The van der Waals surface area contributed by atoms with Gasteiger partial charge >= 0.3 is 5.69 Å². The van der Waals surface area contributed by atoms with Crippen LogP contribution in [0.25, 0.3) is 0 Å². The van der Waals surface area contributed by atoms with Crippen molar-refractivity contribution in [1.82, 2.24) is 9.13 Å². The minimum atomic E-state index is 0.00932. The lowest BCUT2D eigenvalue weighted by Crippen LogP contribution is -2.49. The molecule has 4 aliphatic rings. The summed E-state index contributed by atoms with van der Waals surface area (Å²) in [6, 6.07) is 2.44. The van der Waals surface area contributed by atoms with Crippen molar-refractivity contribution < 1.29 is 0 Å². The molecule has 0 unspecified atom stereocenters. The lowest BCUT2D eigenvalue weighted by molar-refractivity contribution is -0.000334. The van der Waals surface area contributed by atoms with Crippen molar-refractivity contribution in [3.8, 4) is 0 Å². The van der Waals surface area contributed by atoms with Gasteiger partial charge in [0.05, 0.1) is 6.04 Å². The molecular formula is C16H23N3O. The van der Waals surface area contributed by atoms with E-state index in [0.717, 1.165) is 29.2 Å². The van der Waals surface area contributed by atoms with E-state index in [1.807, 2.05) is 19.3 Å². The number of aryl methyl sites for hydroxylation is 1. The molecule has 4 bridgehead atoms. The second-order valence-electron chi connectivity index (χ2n) is 7.18. The van der Waals surface area contributed by atoms with Crippen molar-refractivity contribution in [2.75, 3.05) is 0 Å². The Kier molecular flexibility index (Phi) is 2.69. The summed E-state index contributed by atoms with van der Waals surface area (Å²) in [5.74, 6) is 3.49. The lowest BCUT2D eigenvalue weighted by Gasteiger charge is -2.53. The quantitative estimate of drug-likeness (QED) is 0.763. The van der Waals surface area contributed by atoms with Gasteiger partial charge in [0.1, 0.15) is 5.49 Å². The Morgan fingerprint density at radius 1 is 1.05 bits per heavy atom. The van der Waals surface area contributed by atoms with Gasteiger partial charge in [-0.05, 0) is 61.8 Å². The summed E-state index contributed by atoms with van der Waals surface area (Å²) in [6.07, 6.45) is 8.79. The van der Waals surface area contributed by atoms with Crippen LogP contribution in [0.2, 0.25) is 0 Å². The average Bonchev–Trinajstić information content (AvgIpc) is 2.42. The monoisotopic (exact) mass is 273 g/mol. The first-order valence-electron chi connectivity index (χ1n) is 7.88. The van der Waals surface area contributed by atoms with Crippen molar-refractivity contribution >= 4 is 0 Å². The van der Waals surface area contributed by atoms with Crippen LogP contribution in [0.3, 0.4) is 0 Å². The Morgan fingerprint density at radius 3 is 2.25 bits per heavy atom. The molecule has 20 heavy (non-hydrogen) atoms. The molecule has 0 radical (unpaired) electrons. The number of hydrogen-bond donors (Lipinski definition) is 0. The number of nitrogens with zero attached hydrogens (tertiary/aromatic N) is 3. The van der Waals surface area contributed by atoms with Crippen LogP contribution in [0.15, 0.2) is 22.1 Å². The van der Waals surface area contributed by atoms with E-state index in [9.17, 15) is 4.79 Å². The lowest BCUT2D eigenvalue weighted by atomic mass is 9.54. The fourth-order valence-electron chi connectivity index (χ4n) is 5.08. The summed E-state index contributed by atoms with van der Waals surface area (Å²) in [6.45, 7) is 0. The summed E-state index contributed by atoms with van der Waals surface area (Å²) < 4.78 is 3.29. The first-order chi connectivity index (χ1) is 9.61. The van der Waals surface area contributed by atoms with Gasteiger partial charge in [-0.15, -0.1) is 0 Å². The summed E-state index contributed by atoms with van der Waals surface area (Å²) in [7, 11) is 3.62. The smallest absolute Gasteiger partial charge is 0.304 e. The van der Waals surface area contributed by atoms with E-state index in [0.29, 0.717) is 6.04 Å². The SMILES string of the molecule is Cn1ccc(=NC2C3CC4CC(C3)CC2C4)n(C)c1=O. The molecule has 0 spiro atoms. The van der Waals surface area contributed by atoms with Gasteiger partial charge in [-0.1, -0.05) is 0 Å². The largest absolute Gasteiger partial charge is 0.329 e. The van der Waals surface area contributed by atoms with Gasteiger partial charge in [0.15, 0.2) is 0 Å². The Labute approximate surface area is 119 Å². The third-order valence-corrected chi connectivity index (χ3v) is 5.84. The predicted molar refractivity (Wildman–Crippen MR) is 77.1 cm³/mol. The highest BCUT2D eigenvalue weighted by Crippen LogP contribution is 2.54. The number of rotatable bonds is 1. The molecule has 1 aromatic rings. The molecule has 4 saturated carbocycles. The van der Waals surface area contributed by atoms with Crippen LogP contribution < -0.4 is 11.2 Å². The number of hydrogen-bond acceptors (Lipinski definition) is 2. The topological polar surface area (TPSA) is 39.3 Å². The Hall–Kier alpha value is -1.32. The maximum absolute atomic E-state index is 12.0. The maximum Gasteiger partial charge on any atom is 0.329 e. The molecule has 4 nitrogen and oxygen atoms in total. The van der Waals surface area contributed by atoms with Gasteiger partial charge in [-0.25, -0.2) is 4.79 Å². The van der Waals surface area contributed by atoms with Crippen molar-refractivity contribution in [1.29, 1.82) is 0 Å². The highest BCUT2D eigenvalue weighted by molar-refractivity contribution is 5.02. The summed E-state index contributed by atoms with van der Waals surface area (Å²) in [5, 5.41) is 0. The molecule has 5 rings (SSSR count). The molecule has 1 heterocycles. The summed E-state index contributed by atoms with van der Waals surface area (Å²) >= 11 is 0. The van der Waals surface area contributed by atoms with Crippen LogP contribution >= 0.6 is 0 Å². The molecule has 0 atom stereocenters. The average molecular weight is 273 g/mol. The fourth-order valence-corrected chi connectivity index (χ4v) is 5.08. The standard InChI is InChI=1S/C16H23N3O/c1-18-4-3-14(19(2)16(18)20)17-15-12-6-10-5-11(8-12)9-13(15)7-10/h3-4,10-13,15H,5-9H2,1-2H3. The molecule has 0 N–H and O–H groups in total. The van der Waals surface area contributed by atoms with Crippen LogP contribution in [-0.2, 0) is 14.1 Å². The summed E-state index contributed by atoms with van der Waals surface area (Å²) in [5.41, 5.74) is 0.862. The molecule has 4 heteroatoms. The van der Waals surface area contributed by atoms with Gasteiger partial charge in [-0.3, -0.25) is 9.56 Å². The van der Waals surface area contributed by atoms with E-state index in [1.54, 1.807) is 16.2 Å². The van der Waals surface area contributed by atoms with Crippen LogP contribution in [0.1, 0.15) is 32.1 Å². The van der Waals surface area contributed by atoms with Crippen molar-refractivity contribution in [3.63, 3.8) is 0 Å². The Bertz CT molecular complexity index is 626. The van der Waals surface area contributed by atoms with E-state index in [1.165, 1.54) is 32.1 Å². The highest BCUT2D eigenvalue weighted by atomic mass is 16.1. The zero-order valence-electron chi connectivity index (χ0n) is 12.3. The Morgan fingerprint density at radius 2 is 1.65 bits per heavy atom. The molecule has 4 aliphatic carbocycles. The minimum absolute atomic E-state index is 0.00932. The van der Waals surface area contributed by atoms with Gasteiger partial charge < -0.3 is 4.57 Å². The van der Waals surface area contributed by atoms with Crippen LogP contribution in [0.5, 0.6) is 0 Å². The molecule has 0 amide bonds. The maximum atomic E-state index is 12.0. The van der Waals surface area contributed by atoms with Gasteiger partial charge in [0.25, 0.3) is 0 Å². The third-order valence-electron chi connectivity index (χ3n) is 5.84. The molecule has 0 aliphatic heterocycles. The molecule has 108 valence electrons. The normalized spacial score (nSPS) is 39.5. The van der Waals surface area contributed by atoms with E-state index in [2.05, 4.69) is 0 Å². The molecule has 0 saturated heterocycles. The van der Waals surface area contributed by atoms with E-state index in [4.69, 9.17) is 4.99 Å². The van der Waals surface area contributed by atoms with Crippen molar-refractivity contribution in [2.24, 2.45) is 42.8 Å². The second kappa shape index (κ2) is 4.34. The second-order valence-corrected chi connectivity index (χ2v) is 7.18. The van der Waals surface area contributed by atoms with Crippen LogP contribution in [0.4, 0.5) is 0 Å². The first kappa shape index (κ1) is 12.4. The highest BCUT2D eigenvalue weighted by Gasteiger charge is 2.48. The van der Waals surface area contributed by atoms with Gasteiger partial charge in [0, 0.05) is 20.3 Å². The van der Waals surface area contributed by atoms with E-state index >= 15 is 0 Å². The molecule has 4 fully saturated rings. The van der Waals surface area contributed by atoms with Crippen LogP contribution in [-0.4, -0.2) is 15.2 Å². The predicted octanol–water partition coefficient (Wildman–Crippen LogP) is 1.45. The zero-order chi connectivity index (χ0) is 13.9. The van der Waals surface area contributed by atoms with E-state index < -0.39 is 0 Å². The van der Waals surface area contributed by atoms with Gasteiger partial charge in [0.2, 0.25) is 0 Å². The third kappa shape index (κ3) is 1.80. The molecule has 1 aromatic heterocycles. The first-order valence-corrected chi connectivity index (χ1v) is 7.88. The van der Waals surface area contributed by atoms with E-state index in [-0.39, 0.29) is 5.69 Å². The molecular weight excluding hydrogens is 250 g/mol. The van der Waals surface area contributed by atoms with Crippen molar-refractivity contribution in [3.05, 3.63) is 28.2 Å². The Balaban J connectivity index is 1.74. The zero-order valence-corrected chi connectivity index (χ0v) is 12.3. The molecule has 0 aromatic carbocycles. The minimum Gasteiger partial charge on any atom is -0.304 e. The van der Waals surface area contributed by atoms with Gasteiger partial charge in [-0.2, -0.15) is 0 Å². The summed E-state index contributed by atoms with van der Waals surface area (Å²) in [4.78, 5) is 17.0. The van der Waals surface area contributed by atoms with Crippen LogP contribution in [0, 0.1) is 23.7 Å². The fraction of sp³-hybridized carbons (Fsp3) is 0.750. The number of aromatic nitrogens is 2.